The number of carbonyl (C=O) groups excluding carboxylic acids is 2. The maximum atomic E-state index is 12.4. The Morgan fingerprint density at radius 1 is 0.598 bits per heavy atom. The summed E-state index contributed by atoms with van der Waals surface area (Å²) in [6, 6.07) is 23.9. The monoisotopic (exact) mass is 1360 g/mol. The van der Waals surface area contributed by atoms with Gasteiger partial charge in [0.25, 0.3) is 11.8 Å². The fourth-order valence-electron chi connectivity index (χ4n) is 10.2. The van der Waals surface area contributed by atoms with E-state index in [0.717, 1.165) is 76.4 Å². The topological polar surface area (TPSA) is 308 Å². The summed E-state index contributed by atoms with van der Waals surface area (Å²) >= 11 is 26.0. The Balaban J connectivity index is 0.607. The summed E-state index contributed by atoms with van der Waals surface area (Å²) in [5.41, 5.74) is 17.5. The Labute approximate surface area is 555 Å². The van der Waals surface area contributed by atoms with Gasteiger partial charge in [-0.15, -0.1) is 5.10 Å². The molecule has 0 saturated heterocycles. The molecule has 1 aromatic heterocycles. The van der Waals surface area contributed by atoms with Crippen LogP contribution in [0.2, 0.25) is 20.1 Å². The molecule has 2 aliphatic rings. The molecule has 0 bridgehead atoms. The minimum Gasteiger partial charge on any atom is -0.387 e. The van der Waals surface area contributed by atoms with E-state index in [1.165, 1.54) is 0 Å². The number of aliphatic hydroxyl groups is 4. The molecule has 0 spiro atoms. The lowest BCUT2D eigenvalue weighted by Gasteiger charge is -2.33. The molecule has 92 heavy (non-hydrogen) atoms. The number of hydrogen-bond acceptors (Lipinski definition) is 22. The first-order valence-corrected chi connectivity index (χ1v) is 31.8. The fourth-order valence-corrected chi connectivity index (χ4v) is 11.4. The summed E-state index contributed by atoms with van der Waals surface area (Å²) in [5.74, 6) is -1.99. The van der Waals surface area contributed by atoms with Crippen LogP contribution in [-0.4, -0.2) is 241 Å². The molecule has 7 rings (SSSR count). The van der Waals surface area contributed by atoms with Crippen LogP contribution in [0.4, 0.5) is 0 Å². The van der Waals surface area contributed by atoms with Crippen LogP contribution in [0.25, 0.3) is 17.0 Å². The molecule has 0 unspecified atom stereocenters. The number of amides is 2. The van der Waals surface area contributed by atoms with Crippen molar-refractivity contribution in [3.63, 3.8) is 0 Å². The molecule has 4 aromatic carbocycles. The van der Waals surface area contributed by atoms with Crippen molar-refractivity contribution in [1.82, 2.24) is 40.7 Å². The number of carbonyl (C=O) groups is 2. The summed E-state index contributed by atoms with van der Waals surface area (Å²) in [6.07, 6.45) is -5.15. The van der Waals surface area contributed by atoms with Crippen LogP contribution >= 0.6 is 46.4 Å². The highest BCUT2D eigenvalue weighted by atomic mass is 35.5. The lowest BCUT2D eigenvalue weighted by Crippen LogP contribution is -2.54. The van der Waals surface area contributed by atoms with Crippen LogP contribution in [0, 0.1) is 5.53 Å². The lowest BCUT2D eigenvalue weighted by atomic mass is 9.84. The molecular weight excluding hydrogens is 1280 g/mol. The summed E-state index contributed by atoms with van der Waals surface area (Å²) in [5, 5.41) is 63.9. The van der Waals surface area contributed by atoms with Crippen LogP contribution in [0.1, 0.15) is 50.8 Å². The second kappa shape index (κ2) is 40.1. The zero-order valence-electron chi connectivity index (χ0n) is 51.7. The van der Waals surface area contributed by atoms with Gasteiger partial charge >= 0.3 is 0 Å². The molecule has 8 N–H and O–H groups in total. The predicted molar refractivity (Wildman–Crippen MR) is 345 cm³/mol. The van der Waals surface area contributed by atoms with Gasteiger partial charge in [0.05, 0.1) is 125 Å². The van der Waals surface area contributed by atoms with E-state index in [2.05, 4.69) is 73.5 Å². The highest BCUT2D eigenvalue weighted by Crippen LogP contribution is 2.41. The third-order valence-corrected chi connectivity index (χ3v) is 16.1. The van der Waals surface area contributed by atoms with Gasteiger partial charge in [-0.1, -0.05) is 88.0 Å². The number of hydrogen-bond donors (Lipinski definition) is 8. The first kappa shape index (κ1) is 74.1. The molecule has 0 fully saturated rings. The van der Waals surface area contributed by atoms with Gasteiger partial charge in [-0.25, -0.2) is 10.2 Å². The minimum absolute atomic E-state index is 0.0433. The number of ether oxygens (including phenoxy) is 9. The van der Waals surface area contributed by atoms with Gasteiger partial charge in [0.1, 0.15) is 30.3 Å². The van der Waals surface area contributed by atoms with Crippen molar-refractivity contribution in [2.24, 2.45) is 5.11 Å². The Morgan fingerprint density at radius 3 is 1.58 bits per heavy atom. The quantitative estimate of drug-likeness (QED) is 0.0143. The summed E-state index contributed by atoms with van der Waals surface area (Å²) in [6.45, 7) is 8.81. The van der Waals surface area contributed by atoms with Crippen LogP contribution in [0.3, 0.4) is 0 Å². The van der Waals surface area contributed by atoms with E-state index in [-0.39, 0.29) is 64.8 Å². The van der Waals surface area contributed by atoms with E-state index in [1.807, 2.05) is 48.7 Å². The maximum Gasteiger partial charge on any atom is 0.253 e. The summed E-state index contributed by atoms with van der Waals surface area (Å²) in [7, 11) is 4.15. The first-order valence-electron chi connectivity index (χ1n) is 30.3. The standard InChI is InChI=1S/C63H84Cl4N10O15/c1-75-36-50(48-31-46(64)33-54(66)52(48)38-75)42-5-3-7-44(29-42)56(72-68)35-69-9-12-84-15-18-87-21-22-88-19-16-85-13-10-70-62(82)60(80)58(78)59(79)61(81)63(83)71-41-92-28-27-91-26-25-90-24-23-89-20-17-86-14-11-77-40-57(73-74-77)45-8-4-6-43(30-45)51-37-76(2)39-53-49(51)32-47(65)34-55(53)67/h3-8,29-35,40,50-51,58-61,68-69,78-81H,9-28,36-39,41H2,1-2H3,(H,70,82)(H,71,83)/b56-35-,72-68?/t50-,51-,58-,59+,60+,61-/m0/s1. The molecule has 5 aromatic rings. The number of halogens is 4. The molecule has 0 radical (unpaired) electrons. The molecule has 6 atom stereocenters. The highest BCUT2D eigenvalue weighted by molar-refractivity contribution is 6.35. The molecule has 3 heterocycles. The number of aromatic nitrogens is 3. The van der Waals surface area contributed by atoms with Gasteiger partial charge in [0, 0.05) is 88.5 Å². The van der Waals surface area contributed by atoms with Gasteiger partial charge in [-0.05, 0) is 83.9 Å². The molecule has 29 heteroatoms. The van der Waals surface area contributed by atoms with Crippen molar-refractivity contribution in [2.45, 2.75) is 55.9 Å². The van der Waals surface area contributed by atoms with E-state index >= 15 is 0 Å². The number of nitrogens with one attached hydrogen (secondary N) is 4. The van der Waals surface area contributed by atoms with E-state index in [0.29, 0.717) is 112 Å². The molecule has 2 amide bonds. The van der Waals surface area contributed by atoms with E-state index in [1.54, 1.807) is 23.0 Å². The molecule has 25 nitrogen and oxygen atoms in total. The fraction of sp³-hybridized carbons (Fsp3) is 0.524. The zero-order valence-corrected chi connectivity index (χ0v) is 54.7. The van der Waals surface area contributed by atoms with Crippen molar-refractivity contribution >= 4 is 63.9 Å². The zero-order chi connectivity index (χ0) is 65.6. The second-order valence-corrected chi connectivity index (χ2v) is 23.5. The summed E-state index contributed by atoms with van der Waals surface area (Å²) in [4.78, 5) is 29.2. The van der Waals surface area contributed by atoms with E-state index in [4.69, 9.17) is 94.6 Å². The largest absolute Gasteiger partial charge is 0.387 e. The Morgan fingerprint density at radius 2 is 1.05 bits per heavy atom. The summed E-state index contributed by atoms with van der Waals surface area (Å²) < 4.78 is 51.4. The second-order valence-electron chi connectivity index (χ2n) is 21.8. The SMILES string of the molecule is CN1Cc2c(Cl)cc(Cl)cc2[C@H](c2cccc(/C(=C/NCCOCCOCCOCCOCCNC(=O)[C@H](O)[C@@H](O)[C@@H](O)[C@H](O)C(=O)NCOCCOCCOCCOCCOCCn3cc(-c4cccc([C@@H]5CN(C)Cc6c(Cl)cc(Cl)cc65)c4)nn3)N=N)c2)C1. The van der Waals surface area contributed by atoms with Crippen molar-refractivity contribution < 1.29 is 72.6 Å². The van der Waals surface area contributed by atoms with E-state index in [9.17, 15) is 30.0 Å². The molecule has 0 aliphatic carbocycles. The number of rotatable bonds is 43. The first-order chi connectivity index (χ1) is 44.6. The van der Waals surface area contributed by atoms with Crippen LogP contribution in [0.15, 0.2) is 90.3 Å². The van der Waals surface area contributed by atoms with Gasteiger partial charge in [0.15, 0.2) is 12.2 Å². The Bertz CT molecular complexity index is 3120. The third kappa shape index (κ3) is 23.8. The molecule has 0 saturated carbocycles. The van der Waals surface area contributed by atoms with Crippen molar-refractivity contribution in [3.8, 4) is 11.3 Å². The number of aliphatic hydroxyl groups excluding tert-OH is 4. The number of nitrogens with zero attached hydrogens (tertiary/aromatic N) is 6. The van der Waals surface area contributed by atoms with Crippen molar-refractivity contribution in [3.05, 3.63) is 144 Å². The average molecular weight is 1360 g/mol. The lowest BCUT2D eigenvalue weighted by molar-refractivity contribution is -0.156. The van der Waals surface area contributed by atoms with Gasteiger partial charge < -0.3 is 88.8 Å². The smallest absolute Gasteiger partial charge is 0.253 e. The predicted octanol–water partition coefficient (Wildman–Crippen LogP) is 5.12. The third-order valence-electron chi connectivity index (χ3n) is 14.9. The molecule has 504 valence electrons. The molecular formula is C63H84Cl4N10O15. The Kier molecular flexibility index (Phi) is 32.3. The van der Waals surface area contributed by atoms with Crippen LogP contribution in [-0.2, 0) is 71.9 Å². The normalized spacial score (nSPS) is 16.6. The van der Waals surface area contributed by atoms with Crippen molar-refractivity contribution in [2.75, 3.05) is 159 Å². The molecule has 2 aliphatic heterocycles. The minimum atomic E-state index is -2.20. The van der Waals surface area contributed by atoms with Gasteiger partial charge in [-0.3, -0.25) is 9.59 Å². The maximum absolute atomic E-state index is 12.4. The van der Waals surface area contributed by atoms with Crippen molar-refractivity contribution in [1.29, 1.82) is 5.53 Å². The highest BCUT2D eigenvalue weighted by Gasteiger charge is 2.37. The van der Waals surface area contributed by atoms with E-state index < -0.39 is 36.2 Å². The Hall–Kier alpha value is -5.34. The van der Waals surface area contributed by atoms with Crippen LogP contribution in [0.5, 0.6) is 0 Å². The number of likely N-dealkylation sites (N-methyl/N-ethyl adjacent to an activating group) is 2. The number of fused-ring (bicyclic) bond motifs is 2. The van der Waals surface area contributed by atoms with Gasteiger partial charge in [0.2, 0.25) is 0 Å². The van der Waals surface area contributed by atoms with Gasteiger partial charge in [-0.2, -0.15) is 5.11 Å². The van der Waals surface area contributed by atoms with Crippen LogP contribution < -0.4 is 16.0 Å². The number of benzene rings is 4. The average Bonchev–Trinajstić information content (AvgIpc) is 0.822.